The lowest BCUT2D eigenvalue weighted by molar-refractivity contribution is -0.118. The van der Waals surface area contributed by atoms with Crippen LogP contribution in [0.3, 0.4) is 0 Å². The van der Waals surface area contributed by atoms with E-state index in [1.54, 1.807) is 18.2 Å². The fourth-order valence-corrected chi connectivity index (χ4v) is 5.82. The molecule has 0 radical (unpaired) electrons. The van der Waals surface area contributed by atoms with Gasteiger partial charge < -0.3 is 4.74 Å². The molecule has 1 amide bonds. The van der Waals surface area contributed by atoms with E-state index in [4.69, 9.17) is 16.3 Å². The number of fused-ring (bicyclic) bond motifs is 1. The van der Waals surface area contributed by atoms with Crippen LogP contribution in [0.5, 0.6) is 5.75 Å². The molecule has 0 aliphatic rings. The van der Waals surface area contributed by atoms with E-state index in [0.717, 1.165) is 10.3 Å². The van der Waals surface area contributed by atoms with E-state index in [1.807, 2.05) is 42.5 Å². The smallest absolute Gasteiger partial charge is 0.230 e. The molecule has 0 atom stereocenters. The van der Waals surface area contributed by atoms with Crippen molar-refractivity contribution >= 4 is 54.0 Å². The van der Waals surface area contributed by atoms with Crippen molar-refractivity contribution in [2.75, 3.05) is 17.8 Å². The molecular formula is C24H21ClN2O4S2. The Hall–Kier alpha value is -2.94. The quantitative estimate of drug-likeness (QED) is 0.325. The molecule has 170 valence electrons. The van der Waals surface area contributed by atoms with Crippen molar-refractivity contribution in [3.8, 4) is 5.75 Å². The van der Waals surface area contributed by atoms with Gasteiger partial charge in [0.05, 0.1) is 34.0 Å². The SMILES string of the molecule is COc1ccc(S(=O)(=O)CCC(=O)N(Cc2ccccc2)c2nc3c(Cl)cccc3s2)cc1. The van der Waals surface area contributed by atoms with Crippen LogP contribution in [0.1, 0.15) is 12.0 Å². The molecule has 0 aliphatic carbocycles. The molecule has 3 aromatic carbocycles. The first-order valence-corrected chi connectivity index (χ1v) is 13.0. The zero-order chi connectivity index (χ0) is 23.4. The number of methoxy groups -OCH3 is 1. The minimum absolute atomic E-state index is 0.150. The summed E-state index contributed by atoms with van der Waals surface area (Å²) >= 11 is 7.62. The van der Waals surface area contributed by atoms with E-state index in [2.05, 4.69) is 4.98 Å². The number of sulfone groups is 1. The number of amides is 1. The fraction of sp³-hybridized carbons (Fsp3) is 0.167. The largest absolute Gasteiger partial charge is 0.497 e. The number of thiazole rings is 1. The first-order chi connectivity index (χ1) is 15.9. The number of hydrogen-bond acceptors (Lipinski definition) is 6. The van der Waals surface area contributed by atoms with Gasteiger partial charge in [-0.3, -0.25) is 9.69 Å². The number of carbonyl (C=O) groups excluding carboxylic acids is 1. The second-order valence-corrected chi connectivity index (χ2v) is 10.8. The Labute approximate surface area is 201 Å². The predicted molar refractivity (Wildman–Crippen MR) is 132 cm³/mol. The average Bonchev–Trinajstić information content (AvgIpc) is 3.27. The third kappa shape index (κ3) is 5.35. The third-order valence-electron chi connectivity index (χ3n) is 5.08. The summed E-state index contributed by atoms with van der Waals surface area (Å²) in [6.45, 7) is 0.277. The molecule has 9 heteroatoms. The Morgan fingerprint density at radius 3 is 2.42 bits per heavy atom. The maximum Gasteiger partial charge on any atom is 0.230 e. The number of benzene rings is 3. The lowest BCUT2D eigenvalue weighted by atomic mass is 10.2. The summed E-state index contributed by atoms with van der Waals surface area (Å²) in [5.41, 5.74) is 1.53. The van der Waals surface area contributed by atoms with Gasteiger partial charge in [-0.2, -0.15) is 0 Å². The van der Waals surface area contributed by atoms with Crippen LogP contribution in [0, 0.1) is 0 Å². The van der Waals surface area contributed by atoms with E-state index in [9.17, 15) is 13.2 Å². The molecular weight excluding hydrogens is 480 g/mol. The standard InChI is InChI=1S/C24H21ClN2O4S2/c1-31-18-10-12-19(13-11-18)33(29,30)15-14-22(28)27(16-17-6-3-2-4-7-17)24-26-23-20(25)8-5-9-21(23)32-24/h2-13H,14-16H2,1H3. The normalized spacial score (nSPS) is 11.5. The Balaban J connectivity index is 1.59. The number of anilines is 1. The third-order valence-corrected chi connectivity index (χ3v) is 8.16. The highest BCUT2D eigenvalue weighted by Crippen LogP contribution is 2.34. The number of halogens is 1. The summed E-state index contributed by atoms with van der Waals surface area (Å²) in [5, 5.41) is 0.984. The number of aromatic nitrogens is 1. The second-order valence-electron chi connectivity index (χ2n) is 7.29. The molecule has 6 nitrogen and oxygen atoms in total. The minimum Gasteiger partial charge on any atom is -0.497 e. The van der Waals surface area contributed by atoms with Crippen LogP contribution in [-0.2, 0) is 21.2 Å². The zero-order valence-corrected chi connectivity index (χ0v) is 20.2. The molecule has 1 heterocycles. The topological polar surface area (TPSA) is 76.6 Å². The Morgan fingerprint density at radius 2 is 1.76 bits per heavy atom. The maximum absolute atomic E-state index is 13.3. The van der Waals surface area contributed by atoms with Gasteiger partial charge in [-0.1, -0.05) is 59.3 Å². The molecule has 0 saturated heterocycles. The predicted octanol–water partition coefficient (Wildman–Crippen LogP) is 5.36. The summed E-state index contributed by atoms with van der Waals surface area (Å²) < 4.78 is 31.5. The molecule has 1 aromatic heterocycles. The monoisotopic (exact) mass is 500 g/mol. The van der Waals surface area contributed by atoms with Crippen molar-refractivity contribution in [3.63, 3.8) is 0 Å². The minimum atomic E-state index is -3.64. The summed E-state index contributed by atoms with van der Waals surface area (Å²) in [7, 11) is -2.13. The Bertz CT molecular complexity index is 1370. The van der Waals surface area contributed by atoms with Gasteiger partial charge in [0.15, 0.2) is 15.0 Å². The highest BCUT2D eigenvalue weighted by Gasteiger charge is 2.24. The van der Waals surface area contributed by atoms with Crippen LogP contribution >= 0.6 is 22.9 Å². The number of hydrogen-bond donors (Lipinski definition) is 0. The van der Waals surface area contributed by atoms with E-state index in [-0.39, 0.29) is 29.5 Å². The highest BCUT2D eigenvalue weighted by molar-refractivity contribution is 7.91. The summed E-state index contributed by atoms with van der Waals surface area (Å²) in [5.74, 6) is -0.0746. The number of ether oxygens (including phenoxy) is 1. The Morgan fingerprint density at radius 1 is 1.03 bits per heavy atom. The summed E-state index contributed by atoms with van der Waals surface area (Å²) in [6.07, 6.45) is -0.176. The molecule has 4 rings (SSSR count). The van der Waals surface area contributed by atoms with E-state index in [0.29, 0.717) is 21.4 Å². The molecule has 33 heavy (non-hydrogen) atoms. The molecule has 0 aliphatic heterocycles. The van der Waals surface area contributed by atoms with Gasteiger partial charge in [0.2, 0.25) is 5.91 Å². The number of para-hydroxylation sites is 1. The molecule has 0 bridgehead atoms. The van der Waals surface area contributed by atoms with Crippen molar-refractivity contribution in [3.05, 3.63) is 83.4 Å². The van der Waals surface area contributed by atoms with E-state index < -0.39 is 9.84 Å². The molecule has 0 spiro atoms. The number of rotatable bonds is 8. The van der Waals surface area contributed by atoms with Gasteiger partial charge in [0.1, 0.15) is 11.3 Å². The van der Waals surface area contributed by atoms with Crippen molar-refractivity contribution in [1.29, 1.82) is 0 Å². The van der Waals surface area contributed by atoms with Crippen LogP contribution in [0.2, 0.25) is 5.02 Å². The fourth-order valence-electron chi connectivity index (χ4n) is 3.30. The van der Waals surface area contributed by atoms with Crippen molar-refractivity contribution in [1.82, 2.24) is 4.98 Å². The molecule has 4 aromatic rings. The molecule has 0 unspecified atom stereocenters. The first-order valence-electron chi connectivity index (χ1n) is 10.1. The van der Waals surface area contributed by atoms with Gasteiger partial charge in [-0.05, 0) is 42.0 Å². The van der Waals surface area contributed by atoms with Gasteiger partial charge in [0.25, 0.3) is 0 Å². The first kappa shape index (κ1) is 23.2. The number of nitrogens with zero attached hydrogens (tertiary/aromatic N) is 2. The van der Waals surface area contributed by atoms with E-state index >= 15 is 0 Å². The van der Waals surface area contributed by atoms with Gasteiger partial charge in [-0.25, -0.2) is 13.4 Å². The zero-order valence-electron chi connectivity index (χ0n) is 17.8. The highest BCUT2D eigenvalue weighted by atomic mass is 35.5. The lowest BCUT2D eigenvalue weighted by Gasteiger charge is -2.20. The average molecular weight is 501 g/mol. The molecule has 0 saturated carbocycles. The van der Waals surface area contributed by atoms with Crippen LogP contribution < -0.4 is 9.64 Å². The van der Waals surface area contributed by atoms with Crippen molar-refractivity contribution in [2.24, 2.45) is 0 Å². The van der Waals surface area contributed by atoms with E-state index in [1.165, 1.54) is 35.5 Å². The van der Waals surface area contributed by atoms with Crippen LogP contribution in [-0.4, -0.2) is 32.2 Å². The molecule has 0 N–H and O–H groups in total. The summed E-state index contributed by atoms with van der Waals surface area (Å²) in [4.78, 5) is 19.5. The van der Waals surface area contributed by atoms with Crippen molar-refractivity contribution in [2.45, 2.75) is 17.9 Å². The van der Waals surface area contributed by atoms with Gasteiger partial charge in [-0.15, -0.1) is 0 Å². The summed E-state index contributed by atoms with van der Waals surface area (Å²) in [6, 6.07) is 21.1. The van der Waals surface area contributed by atoms with Crippen LogP contribution in [0.4, 0.5) is 5.13 Å². The Kier molecular flexibility index (Phi) is 6.97. The van der Waals surface area contributed by atoms with Crippen LogP contribution in [0.25, 0.3) is 10.2 Å². The number of carbonyl (C=O) groups is 1. The van der Waals surface area contributed by atoms with Gasteiger partial charge >= 0.3 is 0 Å². The molecule has 0 fully saturated rings. The lowest BCUT2D eigenvalue weighted by Crippen LogP contribution is -2.31. The van der Waals surface area contributed by atoms with Crippen LogP contribution in [0.15, 0.2) is 77.7 Å². The van der Waals surface area contributed by atoms with Crippen molar-refractivity contribution < 1.29 is 17.9 Å². The maximum atomic E-state index is 13.3. The second kappa shape index (κ2) is 9.91. The van der Waals surface area contributed by atoms with Gasteiger partial charge in [0, 0.05) is 6.42 Å².